The molecule has 1 atom stereocenters. The standard InChI is InChI=1S/C7H16N2O/c1-9(2)6-7-5-8-3-4-10-7/h7-8H,3-6H2,1-2H3/t7-/m0/s1. The Hall–Kier alpha value is -0.120. The van der Waals surface area contributed by atoms with Crippen LogP contribution >= 0.6 is 0 Å². The Labute approximate surface area is 62.3 Å². The van der Waals surface area contributed by atoms with Crippen molar-refractivity contribution < 1.29 is 4.74 Å². The van der Waals surface area contributed by atoms with Crippen LogP contribution in [-0.4, -0.2) is 51.3 Å². The Morgan fingerprint density at radius 1 is 1.60 bits per heavy atom. The number of morpholine rings is 1. The lowest BCUT2D eigenvalue weighted by Crippen LogP contribution is -2.43. The molecule has 1 fully saturated rings. The van der Waals surface area contributed by atoms with Gasteiger partial charge in [-0.15, -0.1) is 0 Å². The average Bonchev–Trinajstić information content (AvgIpc) is 1.88. The first-order valence-electron chi connectivity index (χ1n) is 3.76. The summed E-state index contributed by atoms with van der Waals surface area (Å²) in [6, 6.07) is 0. The summed E-state index contributed by atoms with van der Waals surface area (Å²) >= 11 is 0. The fourth-order valence-electron chi connectivity index (χ4n) is 1.14. The Morgan fingerprint density at radius 2 is 2.40 bits per heavy atom. The van der Waals surface area contributed by atoms with E-state index in [2.05, 4.69) is 24.3 Å². The first-order chi connectivity index (χ1) is 4.79. The molecule has 1 aliphatic heterocycles. The number of likely N-dealkylation sites (N-methyl/N-ethyl adjacent to an activating group) is 1. The summed E-state index contributed by atoms with van der Waals surface area (Å²) in [6.07, 6.45) is 0.392. The highest BCUT2D eigenvalue weighted by Crippen LogP contribution is 1.96. The molecule has 0 saturated carbocycles. The number of rotatable bonds is 2. The van der Waals surface area contributed by atoms with Crippen molar-refractivity contribution in [3.8, 4) is 0 Å². The fourth-order valence-corrected chi connectivity index (χ4v) is 1.14. The molecule has 1 aliphatic rings. The second kappa shape index (κ2) is 3.91. The summed E-state index contributed by atoms with van der Waals surface area (Å²) in [7, 11) is 4.13. The van der Waals surface area contributed by atoms with Gasteiger partial charge in [0.2, 0.25) is 0 Å². The van der Waals surface area contributed by atoms with E-state index in [0.717, 1.165) is 26.2 Å². The molecule has 3 heteroatoms. The lowest BCUT2D eigenvalue weighted by Gasteiger charge is -2.25. The molecule has 0 aromatic carbocycles. The Bertz CT molecular complexity index is 89.6. The number of nitrogens with zero attached hydrogens (tertiary/aromatic N) is 1. The SMILES string of the molecule is CN(C)C[C@@H]1CNCCO1. The summed E-state index contributed by atoms with van der Waals surface area (Å²) in [5.41, 5.74) is 0. The maximum Gasteiger partial charge on any atom is 0.0826 e. The van der Waals surface area contributed by atoms with Crippen molar-refractivity contribution in [3.05, 3.63) is 0 Å². The van der Waals surface area contributed by atoms with Crippen molar-refractivity contribution in [1.29, 1.82) is 0 Å². The third-order valence-electron chi connectivity index (χ3n) is 1.57. The van der Waals surface area contributed by atoms with Gasteiger partial charge in [0.25, 0.3) is 0 Å². The van der Waals surface area contributed by atoms with Crippen LogP contribution in [0.4, 0.5) is 0 Å². The second-order valence-electron chi connectivity index (χ2n) is 2.96. The summed E-state index contributed by atoms with van der Waals surface area (Å²) in [4.78, 5) is 2.15. The van der Waals surface area contributed by atoms with Gasteiger partial charge < -0.3 is 15.0 Å². The molecule has 0 unspecified atom stereocenters. The van der Waals surface area contributed by atoms with Crippen molar-refractivity contribution in [2.24, 2.45) is 0 Å². The minimum atomic E-state index is 0.392. The minimum Gasteiger partial charge on any atom is -0.374 e. The zero-order chi connectivity index (χ0) is 7.40. The smallest absolute Gasteiger partial charge is 0.0826 e. The van der Waals surface area contributed by atoms with Gasteiger partial charge in [-0.1, -0.05) is 0 Å². The van der Waals surface area contributed by atoms with Gasteiger partial charge >= 0.3 is 0 Å². The molecule has 0 aliphatic carbocycles. The van der Waals surface area contributed by atoms with Crippen LogP contribution in [0.3, 0.4) is 0 Å². The van der Waals surface area contributed by atoms with Crippen LogP contribution in [-0.2, 0) is 4.74 Å². The van der Waals surface area contributed by atoms with Crippen molar-refractivity contribution in [2.75, 3.05) is 40.3 Å². The van der Waals surface area contributed by atoms with Gasteiger partial charge in [-0.25, -0.2) is 0 Å². The van der Waals surface area contributed by atoms with Crippen LogP contribution in [0.25, 0.3) is 0 Å². The quantitative estimate of drug-likeness (QED) is 0.567. The summed E-state index contributed by atoms with van der Waals surface area (Å²) in [5, 5.41) is 3.29. The van der Waals surface area contributed by atoms with E-state index in [1.807, 2.05) is 0 Å². The third-order valence-corrected chi connectivity index (χ3v) is 1.57. The van der Waals surface area contributed by atoms with E-state index < -0.39 is 0 Å². The van der Waals surface area contributed by atoms with E-state index in [-0.39, 0.29) is 0 Å². The molecule has 0 spiro atoms. The second-order valence-corrected chi connectivity index (χ2v) is 2.96. The highest BCUT2D eigenvalue weighted by molar-refractivity contribution is 4.68. The van der Waals surface area contributed by atoms with Gasteiger partial charge in [-0.2, -0.15) is 0 Å². The van der Waals surface area contributed by atoms with Crippen LogP contribution in [0.1, 0.15) is 0 Å². The van der Waals surface area contributed by atoms with Crippen molar-refractivity contribution in [1.82, 2.24) is 10.2 Å². The van der Waals surface area contributed by atoms with Gasteiger partial charge in [0, 0.05) is 19.6 Å². The summed E-state index contributed by atoms with van der Waals surface area (Å²) in [6.45, 7) is 3.88. The van der Waals surface area contributed by atoms with Gasteiger partial charge in [0.15, 0.2) is 0 Å². The Morgan fingerprint density at radius 3 is 2.90 bits per heavy atom. The molecule has 0 aromatic rings. The molecular weight excluding hydrogens is 128 g/mol. The lowest BCUT2D eigenvalue weighted by atomic mass is 10.3. The normalized spacial score (nSPS) is 27.3. The van der Waals surface area contributed by atoms with Gasteiger partial charge in [-0.3, -0.25) is 0 Å². The summed E-state index contributed by atoms with van der Waals surface area (Å²) < 4.78 is 5.48. The molecule has 0 radical (unpaired) electrons. The predicted octanol–water partition coefficient (Wildman–Crippen LogP) is -0.464. The largest absolute Gasteiger partial charge is 0.374 e. The van der Waals surface area contributed by atoms with Crippen molar-refractivity contribution in [2.45, 2.75) is 6.10 Å². The zero-order valence-electron chi connectivity index (χ0n) is 6.76. The van der Waals surface area contributed by atoms with Crippen molar-refractivity contribution >= 4 is 0 Å². The van der Waals surface area contributed by atoms with E-state index in [1.165, 1.54) is 0 Å². The molecule has 0 aromatic heterocycles. The maximum absolute atomic E-state index is 5.48. The zero-order valence-corrected chi connectivity index (χ0v) is 6.76. The molecule has 1 N–H and O–H groups in total. The van der Waals surface area contributed by atoms with E-state index in [9.17, 15) is 0 Å². The molecule has 60 valence electrons. The van der Waals surface area contributed by atoms with Crippen LogP contribution in [0, 0.1) is 0 Å². The first-order valence-corrected chi connectivity index (χ1v) is 3.76. The predicted molar refractivity (Wildman–Crippen MR) is 41.2 cm³/mol. The molecule has 0 amide bonds. The topological polar surface area (TPSA) is 24.5 Å². The highest BCUT2D eigenvalue weighted by Gasteiger charge is 2.12. The number of hydrogen-bond donors (Lipinski definition) is 1. The van der Waals surface area contributed by atoms with Gasteiger partial charge in [-0.05, 0) is 14.1 Å². The van der Waals surface area contributed by atoms with Gasteiger partial charge in [0.1, 0.15) is 0 Å². The monoisotopic (exact) mass is 144 g/mol. The number of hydrogen-bond acceptors (Lipinski definition) is 3. The van der Waals surface area contributed by atoms with E-state index >= 15 is 0 Å². The molecule has 10 heavy (non-hydrogen) atoms. The van der Waals surface area contributed by atoms with Crippen LogP contribution in [0.15, 0.2) is 0 Å². The lowest BCUT2D eigenvalue weighted by molar-refractivity contribution is 0.0139. The fraction of sp³-hybridized carbons (Fsp3) is 1.00. The summed E-state index contributed by atoms with van der Waals surface area (Å²) in [5.74, 6) is 0. The molecule has 0 bridgehead atoms. The van der Waals surface area contributed by atoms with E-state index in [0.29, 0.717) is 6.10 Å². The molecular formula is C7H16N2O. The Kier molecular flexibility index (Phi) is 3.12. The van der Waals surface area contributed by atoms with Crippen LogP contribution in [0.5, 0.6) is 0 Å². The van der Waals surface area contributed by atoms with E-state index in [1.54, 1.807) is 0 Å². The third kappa shape index (κ3) is 2.64. The average molecular weight is 144 g/mol. The van der Waals surface area contributed by atoms with Crippen LogP contribution < -0.4 is 5.32 Å². The van der Waals surface area contributed by atoms with Crippen LogP contribution in [0.2, 0.25) is 0 Å². The molecule has 1 rings (SSSR count). The maximum atomic E-state index is 5.48. The van der Waals surface area contributed by atoms with E-state index in [4.69, 9.17) is 4.74 Å². The van der Waals surface area contributed by atoms with Crippen molar-refractivity contribution in [3.63, 3.8) is 0 Å². The molecule has 1 heterocycles. The highest BCUT2D eigenvalue weighted by atomic mass is 16.5. The van der Waals surface area contributed by atoms with Gasteiger partial charge in [0.05, 0.1) is 12.7 Å². The number of ether oxygens (including phenoxy) is 1. The minimum absolute atomic E-state index is 0.392. The number of nitrogens with one attached hydrogen (secondary N) is 1. The molecule has 1 saturated heterocycles. The Balaban J connectivity index is 2.13. The first kappa shape index (κ1) is 7.98. The molecule has 3 nitrogen and oxygen atoms in total.